The number of nitrogens with one attached hydrogen (secondary N) is 1. The Morgan fingerprint density at radius 2 is 2.00 bits per heavy atom. The van der Waals surface area contributed by atoms with Gasteiger partial charge in [0.05, 0.1) is 19.8 Å². The third-order valence-corrected chi connectivity index (χ3v) is 1.88. The van der Waals surface area contributed by atoms with Crippen LogP contribution in [0, 0.1) is 0 Å². The molecule has 0 fully saturated rings. The summed E-state index contributed by atoms with van der Waals surface area (Å²) in [5.41, 5.74) is 5.01. The van der Waals surface area contributed by atoms with E-state index in [1.165, 1.54) is 0 Å². The number of rotatable bonds is 11. The molecule has 0 unspecified atom stereocenters. The van der Waals surface area contributed by atoms with E-state index in [1.54, 1.807) is 7.11 Å². The molecule has 15 heavy (non-hydrogen) atoms. The first kappa shape index (κ1) is 14.3. The SMILES string of the molecule is COCCOCCNCCCCC(N)=O. The van der Waals surface area contributed by atoms with E-state index in [2.05, 4.69) is 5.32 Å². The minimum atomic E-state index is -0.224. The Bertz CT molecular complexity index is 154. The Hall–Kier alpha value is -0.650. The molecule has 0 atom stereocenters. The van der Waals surface area contributed by atoms with Gasteiger partial charge in [-0.1, -0.05) is 0 Å². The second-order valence-corrected chi connectivity index (χ2v) is 3.28. The van der Waals surface area contributed by atoms with Gasteiger partial charge in [-0.25, -0.2) is 0 Å². The third kappa shape index (κ3) is 13.3. The van der Waals surface area contributed by atoms with Gasteiger partial charge in [-0.15, -0.1) is 0 Å². The molecule has 5 nitrogen and oxygen atoms in total. The number of carbonyl (C=O) groups excluding carboxylic acids is 1. The van der Waals surface area contributed by atoms with E-state index in [4.69, 9.17) is 15.2 Å². The summed E-state index contributed by atoms with van der Waals surface area (Å²) in [5.74, 6) is -0.224. The summed E-state index contributed by atoms with van der Waals surface area (Å²) in [4.78, 5) is 10.4. The fourth-order valence-electron chi connectivity index (χ4n) is 1.06. The van der Waals surface area contributed by atoms with Gasteiger partial charge in [0.2, 0.25) is 5.91 Å². The monoisotopic (exact) mass is 218 g/mol. The van der Waals surface area contributed by atoms with Crippen LogP contribution in [0.1, 0.15) is 19.3 Å². The molecule has 0 aromatic rings. The molecule has 0 aliphatic carbocycles. The maximum Gasteiger partial charge on any atom is 0.217 e. The molecule has 0 saturated heterocycles. The smallest absolute Gasteiger partial charge is 0.217 e. The Morgan fingerprint density at radius 1 is 1.20 bits per heavy atom. The Kier molecular flexibility index (Phi) is 10.9. The molecular formula is C10H22N2O3. The van der Waals surface area contributed by atoms with Crippen molar-refractivity contribution in [2.45, 2.75) is 19.3 Å². The van der Waals surface area contributed by atoms with Crippen LogP contribution in [0.2, 0.25) is 0 Å². The molecule has 0 aromatic carbocycles. The Balaban J connectivity index is 2.89. The molecule has 5 heteroatoms. The fraction of sp³-hybridized carbons (Fsp3) is 0.900. The average molecular weight is 218 g/mol. The molecule has 1 amide bonds. The lowest BCUT2D eigenvalue weighted by Gasteiger charge is -2.05. The first-order valence-corrected chi connectivity index (χ1v) is 5.33. The second kappa shape index (κ2) is 11.4. The number of ether oxygens (including phenoxy) is 2. The number of amides is 1. The van der Waals surface area contributed by atoms with Gasteiger partial charge in [-0.3, -0.25) is 4.79 Å². The lowest BCUT2D eigenvalue weighted by molar-refractivity contribution is -0.118. The number of unbranched alkanes of at least 4 members (excludes halogenated alkanes) is 1. The van der Waals surface area contributed by atoms with Gasteiger partial charge in [0.25, 0.3) is 0 Å². The van der Waals surface area contributed by atoms with Gasteiger partial charge in [0.1, 0.15) is 0 Å². The van der Waals surface area contributed by atoms with E-state index < -0.39 is 0 Å². The summed E-state index contributed by atoms with van der Waals surface area (Å²) in [6.45, 7) is 3.71. The van der Waals surface area contributed by atoms with Crippen molar-refractivity contribution in [1.82, 2.24) is 5.32 Å². The Morgan fingerprint density at radius 3 is 2.67 bits per heavy atom. The van der Waals surface area contributed by atoms with E-state index >= 15 is 0 Å². The maximum absolute atomic E-state index is 10.4. The van der Waals surface area contributed by atoms with Crippen molar-refractivity contribution in [3.05, 3.63) is 0 Å². The summed E-state index contributed by atoms with van der Waals surface area (Å²) >= 11 is 0. The first-order chi connectivity index (χ1) is 7.27. The highest BCUT2D eigenvalue weighted by Crippen LogP contribution is 1.91. The van der Waals surface area contributed by atoms with Crippen molar-refractivity contribution in [1.29, 1.82) is 0 Å². The summed E-state index contributed by atoms with van der Waals surface area (Å²) in [6.07, 6.45) is 2.31. The van der Waals surface area contributed by atoms with Crippen molar-refractivity contribution < 1.29 is 14.3 Å². The van der Waals surface area contributed by atoms with Crippen molar-refractivity contribution in [2.75, 3.05) is 40.0 Å². The van der Waals surface area contributed by atoms with Crippen molar-refractivity contribution in [2.24, 2.45) is 5.73 Å². The number of hydrogen-bond acceptors (Lipinski definition) is 4. The number of primary amides is 1. The molecule has 0 rings (SSSR count). The van der Waals surface area contributed by atoms with Crippen LogP contribution in [0.3, 0.4) is 0 Å². The third-order valence-electron chi connectivity index (χ3n) is 1.88. The van der Waals surface area contributed by atoms with Crippen LogP contribution < -0.4 is 11.1 Å². The maximum atomic E-state index is 10.4. The fourth-order valence-corrected chi connectivity index (χ4v) is 1.06. The number of nitrogens with two attached hydrogens (primary N) is 1. The molecule has 0 aromatic heterocycles. The summed E-state index contributed by atoms with van der Waals surface area (Å²) in [6, 6.07) is 0. The van der Waals surface area contributed by atoms with E-state index in [0.717, 1.165) is 25.9 Å². The van der Waals surface area contributed by atoms with E-state index in [0.29, 0.717) is 26.2 Å². The van der Waals surface area contributed by atoms with Crippen molar-refractivity contribution in [3.63, 3.8) is 0 Å². The van der Waals surface area contributed by atoms with Crippen LogP contribution >= 0.6 is 0 Å². The molecule has 0 spiro atoms. The van der Waals surface area contributed by atoms with E-state index in [1.807, 2.05) is 0 Å². The van der Waals surface area contributed by atoms with Gasteiger partial charge < -0.3 is 20.5 Å². The number of methoxy groups -OCH3 is 1. The summed E-state index contributed by atoms with van der Waals surface area (Å²) < 4.78 is 10.1. The topological polar surface area (TPSA) is 73.6 Å². The normalized spacial score (nSPS) is 10.5. The van der Waals surface area contributed by atoms with Crippen LogP contribution in [0.25, 0.3) is 0 Å². The predicted molar refractivity (Wildman–Crippen MR) is 58.6 cm³/mol. The van der Waals surface area contributed by atoms with Gasteiger partial charge in [0.15, 0.2) is 0 Å². The first-order valence-electron chi connectivity index (χ1n) is 5.33. The molecule has 0 heterocycles. The highest BCUT2D eigenvalue weighted by molar-refractivity contribution is 5.73. The van der Waals surface area contributed by atoms with Crippen LogP contribution in [0.5, 0.6) is 0 Å². The number of carbonyl (C=O) groups is 1. The molecule has 0 aliphatic rings. The standard InChI is InChI=1S/C10H22N2O3/c1-14-8-9-15-7-6-12-5-3-2-4-10(11)13/h12H,2-9H2,1H3,(H2,11,13). The van der Waals surface area contributed by atoms with Crippen LogP contribution in [0.4, 0.5) is 0 Å². The van der Waals surface area contributed by atoms with Crippen molar-refractivity contribution >= 4 is 5.91 Å². The number of hydrogen-bond donors (Lipinski definition) is 2. The second-order valence-electron chi connectivity index (χ2n) is 3.28. The Labute approximate surface area is 91.3 Å². The molecule has 3 N–H and O–H groups in total. The van der Waals surface area contributed by atoms with Gasteiger partial charge in [0, 0.05) is 20.1 Å². The minimum Gasteiger partial charge on any atom is -0.382 e. The highest BCUT2D eigenvalue weighted by Gasteiger charge is 1.94. The zero-order valence-electron chi connectivity index (χ0n) is 9.46. The molecule has 0 saturated carbocycles. The molecule has 0 bridgehead atoms. The lowest BCUT2D eigenvalue weighted by Crippen LogP contribution is -2.22. The van der Waals surface area contributed by atoms with Gasteiger partial charge in [-0.05, 0) is 19.4 Å². The van der Waals surface area contributed by atoms with Crippen LogP contribution in [-0.2, 0) is 14.3 Å². The molecular weight excluding hydrogens is 196 g/mol. The minimum absolute atomic E-state index is 0.224. The van der Waals surface area contributed by atoms with E-state index in [9.17, 15) is 4.79 Å². The van der Waals surface area contributed by atoms with E-state index in [-0.39, 0.29) is 5.91 Å². The lowest BCUT2D eigenvalue weighted by atomic mass is 10.2. The van der Waals surface area contributed by atoms with Crippen LogP contribution in [-0.4, -0.2) is 45.9 Å². The zero-order chi connectivity index (χ0) is 11.4. The quantitative estimate of drug-likeness (QED) is 0.475. The summed E-state index contributed by atoms with van der Waals surface area (Å²) in [7, 11) is 1.65. The van der Waals surface area contributed by atoms with Gasteiger partial charge in [-0.2, -0.15) is 0 Å². The molecule has 0 radical (unpaired) electrons. The van der Waals surface area contributed by atoms with Crippen LogP contribution in [0.15, 0.2) is 0 Å². The largest absolute Gasteiger partial charge is 0.382 e. The predicted octanol–water partition coefficient (Wildman–Crippen LogP) is -0.105. The van der Waals surface area contributed by atoms with Gasteiger partial charge >= 0.3 is 0 Å². The highest BCUT2D eigenvalue weighted by atomic mass is 16.5. The average Bonchev–Trinajstić information content (AvgIpc) is 2.20. The zero-order valence-corrected chi connectivity index (χ0v) is 9.46. The summed E-state index contributed by atoms with van der Waals surface area (Å²) in [5, 5.41) is 3.22. The van der Waals surface area contributed by atoms with Crippen molar-refractivity contribution in [3.8, 4) is 0 Å². The molecule has 0 aliphatic heterocycles. The molecule has 90 valence electrons.